The Morgan fingerprint density at radius 1 is 1.36 bits per heavy atom. The van der Waals surface area contributed by atoms with Gasteiger partial charge in [0.15, 0.2) is 11.9 Å². The number of nitrogens with one attached hydrogen (secondary N) is 1. The Kier molecular flexibility index (Phi) is 5.96. The number of nitrogens with two attached hydrogens (primary N) is 1. The lowest BCUT2D eigenvalue weighted by atomic mass is 9.95. The average molecular weight is 371 g/mol. The third-order valence-electron chi connectivity index (χ3n) is 4.08. The van der Waals surface area contributed by atoms with E-state index in [2.05, 4.69) is 5.32 Å². The van der Waals surface area contributed by atoms with E-state index < -0.39 is 31.6 Å². The van der Waals surface area contributed by atoms with E-state index in [9.17, 15) is 23.3 Å². The molecule has 1 unspecified atom stereocenters. The van der Waals surface area contributed by atoms with Crippen LogP contribution in [-0.2, 0) is 14.8 Å². The molecular weight excluding hydrogens is 350 g/mol. The van der Waals surface area contributed by atoms with Gasteiger partial charge >= 0.3 is 5.69 Å². The first-order valence-corrected chi connectivity index (χ1v) is 9.51. The van der Waals surface area contributed by atoms with Crippen molar-refractivity contribution in [2.24, 2.45) is 5.14 Å². The van der Waals surface area contributed by atoms with E-state index in [1.165, 1.54) is 6.92 Å². The predicted octanol–water partition coefficient (Wildman–Crippen LogP) is 1.46. The molecule has 2 rings (SSSR count). The van der Waals surface area contributed by atoms with Gasteiger partial charge in [0.25, 0.3) is 5.91 Å². The minimum atomic E-state index is -4.08. The zero-order chi connectivity index (χ0) is 18.6. The first kappa shape index (κ1) is 19.1. The highest BCUT2D eigenvalue weighted by Gasteiger charge is 2.25. The zero-order valence-electron chi connectivity index (χ0n) is 13.8. The van der Waals surface area contributed by atoms with Crippen LogP contribution in [0.5, 0.6) is 5.75 Å². The molecule has 1 atom stereocenters. The van der Waals surface area contributed by atoms with Crippen LogP contribution in [0.4, 0.5) is 5.69 Å². The molecule has 0 radical (unpaired) electrons. The van der Waals surface area contributed by atoms with Crippen LogP contribution in [0, 0.1) is 10.1 Å². The number of carbonyl (C=O) groups excluding carboxylic acids is 1. The van der Waals surface area contributed by atoms with Crippen molar-refractivity contribution in [3.8, 4) is 5.75 Å². The smallest absolute Gasteiger partial charge is 0.312 e. The van der Waals surface area contributed by atoms with Gasteiger partial charge in [-0.15, -0.1) is 0 Å². The molecule has 9 nitrogen and oxygen atoms in total. The number of primary sulfonamides is 1. The third kappa shape index (κ3) is 5.13. The van der Waals surface area contributed by atoms with Crippen molar-refractivity contribution in [3.05, 3.63) is 28.3 Å². The van der Waals surface area contributed by atoms with Gasteiger partial charge in [0.1, 0.15) is 0 Å². The van der Waals surface area contributed by atoms with Crippen LogP contribution in [0.15, 0.2) is 23.1 Å². The standard InChI is InChI=1S/C15H21N3O6S/c1-10(15(19)17-11-5-3-2-4-6-11)24-14-8-7-12(25(16,22)23)9-13(14)18(20)21/h7-11H,2-6H2,1H3,(H,17,19)(H2,16,22,23). The Labute approximate surface area is 145 Å². The molecule has 0 spiro atoms. The molecule has 1 aromatic rings. The second-order valence-electron chi connectivity index (χ2n) is 6.04. The summed E-state index contributed by atoms with van der Waals surface area (Å²) < 4.78 is 28.0. The SMILES string of the molecule is CC(Oc1ccc(S(N)(=O)=O)cc1[N+](=O)[O-])C(=O)NC1CCCCC1. The summed E-state index contributed by atoms with van der Waals surface area (Å²) >= 11 is 0. The maximum atomic E-state index is 12.2. The molecule has 1 fully saturated rings. The molecule has 0 bridgehead atoms. The van der Waals surface area contributed by atoms with Gasteiger partial charge in [-0.1, -0.05) is 19.3 Å². The monoisotopic (exact) mass is 371 g/mol. The van der Waals surface area contributed by atoms with E-state index >= 15 is 0 Å². The van der Waals surface area contributed by atoms with Crippen LogP contribution < -0.4 is 15.2 Å². The molecule has 1 aromatic carbocycles. The summed E-state index contributed by atoms with van der Waals surface area (Å²) in [5.41, 5.74) is -0.566. The Bertz CT molecular complexity index is 759. The van der Waals surface area contributed by atoms with Crippen LogP contribution in [0.3, 0.4) is 0 Å². The van der Waals surface area contributed by atoms with Crippen LogP contribution in [-0.4, -0.2) is 31.4 Å². The van der Waals surface area contributed by atoms with Crippen molar-refractivity contribution in [3.63, 3.8) is 0 Å². The Hall–Kier alpha value is -2.20. The summed E-state index contributed by atoms with van der Waals surface area (Å²) in [6.07, 6.45) is 4.12. The van der Waals surface area contributed by atoms with E-state index in [4.69, 9.17) is 9.88 Å². The molecule has 1 saturated carbocycles. The molecular formula is C15H21N3O6S. The van der Waals surface area contributed by atoms with Gasteiger partial charge < -0.3 is 10.1 Å². The number of rotatable bonds is 6. The van der Waals surface area contributed by atoms with Gasteiger partial charge in [0.05, 0.1) is 9.82 Å². The van der Waals surface area contributed by atoms with Crippen LogP contribution in [0.2, 0.25) is 0 Å². The lowest BCUT2D eigenvalue weighted by molar-refractivity contribution is -0.386. The number of ether oxygens (including phenoxy) is 1. The summed E-state index contributed by atoms with van der Waals surface area (Å²) in [7, 11) is -4.08. The minimum Gasteiger partial charge on any atom is -0.474 e. The highest BCUT2D eigenvalue weighted by Crippen LogP contribution is 2.30. The summed E-state index contributed by atoms with van der Waals surface area (Å²) in [6, 6.07) is 3.13. The normalized spacial score (nSPS) is 16.9. The van der Waals surface area contributed by atoms with Gasteiger partial charge in [-0.05, 0) is 31.9 Å². The minimum absolute atomic E-state index is 0.0899. The first-order chi connectivity index (χ1) is 11.7. The average Bonchev–Trinajstić information content (AvgIpc) is 2.54. The molecule has 0 aliphatic heterocycles. The molecule has 0 aromatic heterocycles. The van der Waals surface area contributed by atoms with E-state index in [1.54, 1.807) is 0 Å². The molecule has 1 aliphatic carbocycles. The van der Waals surface area contributed by atoms with Crippen LogP contribution in [0.25, 0.3) is 0 Å². The number of benzene rings is 1. The van der Waals surface area contributed by atoms with E-state index in [0.717, 1.165) is 50.3 Å². The number of sulfonamides is 1. The largest absolute Gasteiger partial charge is 0.474 e. The molecule has 25 heavy (non-hydrogen) atoms. The van der Waals surface area contributed by atoms with Crippen LogP contribution in [0.1, 0.15) is 39.0 Å². The lowest BCUT2D eigenvalue weighted by Gasteiger charge is -2.24. The molecule has 0 saturated heterocycles. The van der Waals surface area contributed by atoms with Gasteiger partial charge in [0.2, 0.25) is 10.0 Å². The molecule has 10 heteroatoms. The second kappa shape index (κ2) is 7.79. The summed E-state index contributed by atoms with van der Waals surface area (Å²) in [6.45, 7) is 1.48. The first-order valence-electron chi connectivity index (χ1n) is 7.97. The number of nitrogens with zero attached hydrogens (tertiary/aromatic N) is 1. The maximum Gasteiger partial charge on any atom is 0.312 e. The fraction of sp³-hybridized carbons (Fsp3) is 0.533. The highest BCUT2D eigenvalue weighted by atomic mass is 32.2. The number of hydrogen-bond acceptors (Lipinski definition) is 6. The van der Waals surface area contributed by atoms with Crippen molar-refractivity contribution in [1.82, 2.24) is 5.32 Å². The van der Waals surface area contributed by atoms with Gasteiger partial charge in [0, 0.05) is 12.1 Å². The second-order valence-corrected chi connectivity index (χ2v) is 7.60. The summed E-state index contributed by atoms with van der Waals surface area (Å²) in [5, 5.41) is 19.0. The maximum absolute atomic E-state index is 12.2. The topological polar surface area (TPSA) is 142 Å². The van der Waals surface area contributed by atoms with Gasteiger partial charge in [-0.2, -0.15) is 0 Å². The van der Waals surface area contributed by atoms with Crippen LogP contribution >= 0.6 is 0 Å². The van der Waals surface area contributed by atoms with Crippen molar-refractivity contribution in [1.29, 1.82) is 0 Å². The van der Waals surface area contributed by atoms with E-state index in [1.807, 2.05) is 0 Å². The Balaban J connectivity index is 2.12. The summed E-state index contributed by atoms with van der Waals surface area (Å²) in [4.78, 5) is 22.2. The fourth-order valence-corrected chi connectivity index (χ4v) is 3.26. The van der Waals surface area contributed by atoms with Crippen molar-refractivity contribution >= 4 is 21.6 Å². The van der Waals surface area contributed by atoms with E-state index in [-0.39, 0.29) is 17.7 Å². The molecule has 1 aliphatic rings. The molecule has 0 heterocycles. The lowest BCUT2D eigenvalue weighted by Crippen LogP contribution is -2.43. The highest BCUT2D eigenvalue weighted by molar-refractivity contribution is 7.89. The number of hydrogen-bond donors (Lipinski definition) is 2. The summed E-state index contributed by atoms with van der Waals surface area (Å²) in [5.74, 6) is -0.555. The quantitative estimate of drug-likeness (QED) is 0.572. The van der Waals surface area contributed by atoms with Gasteiger partial charge in [-0.3, -0.25) is 14.9 Å². The van der Waals surface area contributed by atoms with Crippen molar-refractivity contribution in [2.45, 2.75) is 56.1 Å². The number of nitro benzene ring substituents is 1. The predicted molar refractivity (Wildman–Crippen MR) is 89.6 cm³/mol. The molecule has 138 valence electrons. The molecule has 3 N–H and O–H groups in total. The Morgan fingerprint density at radius 2 is 2.00 bits per heavy atom. The zero-order valence-corrected chi connectivity index (χ0v) is 14.6. The number of nitro groups is 1. The molecule has 1 amide bonds. The Morgan fingerprint density at radius 3 is 2.56 bits per heavy atom. The fourth-order valence-electron chi connectivity index (χ4n) is 2.73. The van der Waals surface area contributed by atoms with Crippen molar-refractivity contribution in [2.75, 3.05) is 0 Å². The van der Waals surface area contributed by atoms with Gasteiger partial charge in [-0.25, -0.2) is 13.6 Å². The number of carbonyl (C=O) groups is 1. The third-order valence-corrected chi connectivity index (χ3v) is 4.99. The van der Waals surface area contributed by atoms with Crippen molar-refractivity contribution < 1.29 is 22.9 Å². The number of amides is 1. The van der Waals surface area contributed by atoms with E-state index in [0.29, 0.717) is 0 Å².